The predicted molar refractivity (Wildman–Crippen MR) is 70.2 cm³/mol. The Bertz CT molecular complexity index is 614. The summed E-state index contributed by atoms with van der Waals surface area (Å²) >= 11 is 5.86. The summed E-state index contributed by atoms with van der Waals surface area (Å²) in [6, 6.07) is 7.70. The fourth-order valence-corrected chi connectivity index (χ4v) is 1.78. The van der Waals surface area contributed by atoms with Crippen molar-refractivity contribution in [3.63, 3.8) is 0 Å². The van der Waals surface area contributed by atoms with Crippen molar-refractivity contribution in [2.24, 2.45) is 0 Å². The molecule has 0 aliphatic carbocycles. The van der Waals surface area contributed by atoms with Gasteiger partial charge in [-0.1, -0.05) is 23.7 Å². The van der Waals surface area contributed by atoms with Crippen LogP contribution in [0.2, 0.25) is 5.02 Å². The van der Waals surface area contributed by atoms with Crippen LogP contribution in [0.4, 0.5) is 5.69 Å². The van der Waals surface area contributed by atoms with Gasteiger partial charge >= 0.3 is 0 Å². The summed E-state index contributed by atoms with van der Waals surface area (Å²) < 4.78 is 0. The van der Waals surface area contributed by atoms with E-state index in [-0.39, 0.29) is 0 Å². The monoisotopic (exact) mass is 243 g/mol. The lowest BCUT2D eigenvalue weighted by Gasteiger charge is -2.08. The number of fused-ring (bicyclic) bond motifs is 1. The van der Waals surface area contributed by atoms with Gasteiger partial charge in [-0.25, -0.2) is 0 Å². The first-order valence-electron chi connectivity index (χ1n) is 5.09. The molecule has 1 aromatic carbocycles. The molecule has 0 fully saturated rings. The standard InChI is InChI=1S/C13H10ClN3/c1-2-5-16-12-4-3-9-6-10(14)8-17-13(9)11(12)7-15/h2-4,6,8,16H,1,5H2. The van der Waals surface area contributed by atoms with Crippen molar-refractivity contribution in [3.05, 3.63) is 47.6 Å². The van der Waals surface area contributed by atoms with Crippen LogP contribution in [0.25, 0.3) is 10.9 Å². The van der Waals surface area contributed by atoms with Gasteiger partial charge in [-0.3, -0.25) is 4.98 Å². The number of benzene rings is 1. The zero-order chi connectivity index (χ0) is 12.3. The summed E-state index contributed by atoms with van der Waals surface area (Å²) in [4.78, 5) is 4.20. The Morgan fingerprint density at radius 3 is 3.06 bits per heavy atom. The van der Waals surface area contributed by atoms with E-state index in [4.69, 9.17) is 11.6 Å². The molecule has 0 unspecified atom stereocenters. The Kier molecular flexibility index (Phi) is 3.27. The molecule has 0 atom stereocenters. The lowest BCUT2D eigenvalue weighted by Crippen LogP contribution is -2.01. The zero-order valence-corrected chi connectivity index (χ0v) is 9.83. The molecule has 1 aromatic heterocycles. The second-order valence-electron chi connectivity index (χ2n) is 3.49. The number of hydrogen-bond acceptors (Lipinski definition) is 3. The largest absolute Gasteiger partial charge is 0.380 e. The molecular formula is C13H10ClN3. The Labute approximate surface area is 104 Å². The number of pyridine rings is 1. The highest BCUT2D eigenvalue weighted by molar-refractivity contribution is 6.31. The highest BCUT2D eigenvalue weighted by Gasteiger charge is 2.08. The molecule has 1 N–H and O–H groups in total. The topological polar surface area (TPSA) is 48.7 Å². The minimum Gasteiger partial charge on any atom is -0.380 e. The molecule has 0 aliphatic heterocycles. The minimum atomic E-state index is 0.529. The second kappa shape index (κ2) is 4.86. The molecule has 84 valence electrons. The van der Waals surface area contributed by atoms with E-state index in [1.807, 2.05) is 12.1 Å². The quantitative estimate of drug-likeness (QED) is 0.841. The van der Waals surface area contributed by atoms with Crippen LogP contribution in [-0.2, 0) is 0 Å². The van der Waals surface area contributed by atoms with Crippen molar-refractivity contribution >= 4 is 28.2 Å². The van der Waals surface area contributed by atoms with Crippen LogP contribution in [0.15, 0.2) is 37.1 Å². The average Bonchev–Trinajstić information content (AvgIpc) is 2.35. The van der Waals surface area contributed by atoms with Crippen LogP contribution < -0.4 is 5.32 Å². The molecule has 0 saturated heterocycles. The van der Waals surface area contributed by atoms with Gasteiger partial charge in [0.25, 0.3) is 0 Å². The van der Waals surface area contributed by atoms with E-state index in [2.05, 4.69) is 22.9 Å². The molecule has 0 radical (unpaired) electrons. The van der Waals surface area contributed by atoms with Crippen molar-refractivity contribution in [2.45, 2.75) is 0 Å². The fraction of sp³-hybridized carbons (Fsp3) is 0.0769. The van der Waals surface area contributed by atoms with Crippen LogP contribution in [0.3, 0.4) is 0 Å². The van der Waals surface area contributed by atoms with Gasteiger partial charge in [-0.05, 0) is 12.1 Å². The Hall–Kier alpha value is -2.05. The third kappa shape index (κ3) is 2.22. The van der Waals surface area contributed by atoms with Crippen molar-refractivity contribution in [2.75, 3.05) is 11.9 Å². The van der Waals surface area contributed by atoms with E-state index in [0.29, 0.717) is 22.6 Å². The maximum Gasteiger partial charge on any atom is 0.104 e. The summed E-state index contributed by atoms with van der Waals surface area (Å²) in [6.07, 6.45) is 3.28. The van der Waals surface area contributed by atoms with Crippen LogP contribution >= 0.6 is 11.6 Å². The average molecular weight is 244 g/mol. The van der Waals surface area contributed by atoms with Gasteiger partial charge in [0.2, 0.25) is 0 Å². The molecule has 2 rings (SSSR count). The summed E-state index contributed by atoms with van der Waals surface area (Å²) in [5.74, 6) is 0. The summed E-state index contributed by atoms with van der Waals surface area (Å²) in [5.41, 5.74) is 1.95. The molecule has 17 heavy (non-hydrogen) atoms. The molecule has 0 saturated carbocycles. The smallest absolute Gasteiger partial charge is 0.104 e. The molecule has 0 aliphatic rings. The van der Waals surface area contributed by atoms with E-state index in [0.717, 1.165) is 11.1 Å². The van der Waals surface area contributed by atoms with Gasteiger partial charge in [-0.15, -0.1) is 6.58 Å². The number of halogens is 1. The fourth-order valence-electron chi connectivity index (χ4n) is 1.62. The van der Waals surface area contributed by atoms with Gasteiger partial charge in [0.15, 0.2) is 0 Å². The third-order valence-corrected chi connectivity index (χ3v) is 2.57. The third-order valence-electron chi connectivity index (χ3n) is 2.37. The maximum atomic E-state index is 9.20. The highest BCUT2D eigenvalue weighted by Crippen LogP contribution is 2.25. The summed E-state index contributed by atoms with van der Waals surface area (Å²) in [6.45, 7) is 4.23. The van der Waals surface area contributed by atoms with Gasteiger partial charge in [0.1, 0.15) is 11.6 Å². The van der Waals surface area contributed by atoms with Crippen molar-refractivity contribution in [1.29, 1.82) is 5.26 Å². The molecular weight excluding hydrogens is 234 g/mol. The number of hydrogen-bond donors (Lipinski definition) is 1. The molecule has 3 nitrogen and oxygen atoms in total. The van der Waals surface area contributed by atoms with E-state index in [1.165, 1.54) is 0 Å². The number of aromatic nitrogens is 1. The molecule has 0 bridgehead atoms. The Morgan fingerprint density at radius 1 is 1.53 bits per heavy atom. The molecule has 0 amide bonds. The zero-order valence-electron chi connectivity index (χ0n) is 9.07. The molecule has 2 aromatic rings. The summed E-state index contributed by atoms with van der Waals surface area (Å²) in [7, 11) is 0. The Balaban J connectivity index is 2.61. The van der Waals surface area contributed by atoms with Crippen LogP contribution in [0.1, 0.15) is 5.56 Å². The van der Waals surface area contributed by atoms with E-state index >= 15 is 0 Å². The van der Waals surface area contributed by atoms with Crippen molar-refractivity contribution in [1.82, 2.24) is 4.98 Å². The van der Waals surface area contributed by atoms with E-state index < -0.39 is 0 Å². The number of rotatable bonds is 3. The number of nitriles is 1. The molecule has 0 spiro atoms. The molecule has 4 heteroatoms. The number of nitrogens with one attached hydrogen (secondary N) is 1. The SMILES string of the molecule is C=CCNc1ccc2cc(Cl)cnc2c1C#N. The lowest BCUT2D eigenvalue weighted by molar-refractivity contribution is 1.32. The number of anilines is 1. The second-order valence-corrected chi connectivity index (χ2v) is 3.93. The normalized spacial score (nSPS) is 9.88. The highest BCUT2D eigenvalue weighted by atomic mass is 35.5. The Morgan fingerprint density at radius 2 is 2.35 bits per heavy atom. The molecule has 1 heterocycles. The first-order chi connectivity index (χ1) is 8.26. The van der Waals surface area contributed by atoms with Gasteiger partial charge in [0, 0.05) is 18.1 Å². The first kappa shape index (κ1) is 11.4. The van der Waals surface area contributed by atoms with Gasteiger partial charge in [-0.2, -0.15) is 5.26 Å². The van der Waals surface area contributed by atoms with Crippen LogP contribution in [-0.4, -0.2) is 11.5 Å². The van der Waals surface area contributed by atoms with E-state index in [9.17, 15) is 5.26 Å². The van der Waals surface area contributed by atoms with Crippen molar-refractivity contribution in [3.8, 4) is 6.07 Å². The predicted octanol–water partition coefficient (Wildman–Crippen LogP) is 3.36. The van der Waals surface area contributed by atoms with Crippen LogP contribution in [0, 0.1) is 11.3 Å². The van der Waals surface area contributed by atoms with Gasteiger partial charge in [0.05, 0.1) is 16.2 Å². The van der Waals surface area contributed by atoms with Crippen LogP contribution in [0.5, 0.6) is 0 Å². The maximum absolute atomic E-state index is 9.20. The van der Waals surface area contributed by atoms with Crippen molar-refractivity contribution < 1.29 is 0 Å². The van der Waals surface area contributed by atoms with Gasteiger partial charge < -0.3 is 5.32 Å². The number of nitrogens with zero attached hydrogens (tertiary/aromatic N) is 2. The first-order valence-corrected chi connectivity index (χ1v) is 5.47. The lowest BCUT2D eigenvalue weighted by atomic mass is 10.1. The van der Waals surface area contributed by atoms with E-state index in [1.54, 1.807) is 18.3 Å². The minimum absolute atomic E-state index is 0.529. The summed E-state index contributed by atoms with van der Waals surface area (Å²) in [5, 5.41) is 13.7.